The van der Waals surface area contributed by atoms with Crippen LogP contribution < -0.4 is 14.8 Å². The lowest BCUT2D eigenvalue weighted by Gasteiger charge is -2.10. The number of hydrogen-bond donors (Lipinski definition) is 1. The second-order valence-electron chi connectivity index (χ2n) is 4.06. The molecule has 0 radical (unpaired) electrons. The highest BCUT2D eigenvalue weighted by Crippen LogP contribution is 2.36. The smallest absolute Gasteiger partial charge is 0.231 e. The van der Waals surface area contributed by atoms with Gasteiger partial charge in [0.15, 0.2) is 11.5 Å². The van der Waals surface area contributed by atoms with Crippen LogP contribution in [-0.4, -0.2) is 18.3 Å². The molecule has 0 spiro atoms. The zero-order valence-electron chi connectivity index (χ0n) is 10.00. The maximum atomic E-state index is 5.95. The zero-order chi connectivity index (χ0) is 12.5. The molecule has 0 atom stereocenters. The number of anilines is 1. The van der Waals surface area contributed by atoms with Gasteiger partial charge < -0.3 is 14.8 Å². The van der Waals surface area contributed by atoms with Gasteiger partial charge in [-0.1, -0.05) is 0 Å². The fourth-order valence-electron chi connectivity index (χ4n) is 2.03. The Kier molecular flexibility index (Phi) is 2.88. The molecule has 0 aliphatic carbocycles. The normalized spacial score (nSPS) is 13.0. The first-order valence-corrected chi connectivity index (χ1v) is 6.38. The highest BCUT2D eigenvalue weighted by Gasteiger charge is 2.16. The number of nitrogens with one attached hydrogen (secondary N) is 1. The molecule has 4 nitrogen and oxygen atoms in total. The van der Waals surface area contributed by atoms with Crippen molar-refractivity contribution < 1.29 is 9.47 Å². The van der Waals surface area contributed by atoms with Crippen molar-refractivity contribution in [3.63, 3.8) is 0 Å². The summed E-state index contributed by atoms with van der Waals surface area (Å²) in [5.74, 6) is 2.77. The van der Waals surface area contributed by atoms with Crippen molar-refractivity contribution in [3.8, 4) is 11.5 Å². The predicted molar refractivity (Wildman–Crippen MR) is 71.6 cm³/mol. The van der Waals surface area contributed by atoms with Crippen molar-refractivity contribution in [2.24, 2.45) is 0 Å². The molecule has 0 bridgehead atoms. The van der Waals surface area contributed by atoms with Crippen LogP contribution in [0.25, 0.3) is 10.9 Å². The van der Waals surface area contributed by atoms with Crippen molar-refractivity contribution in [1.29, 1.82) is 0 Å². The van der Waals surface area contributed by atoms with E-state index in [1.807, 2.05) is 25.1 Å². The summed E-state index contributed by atoms with van der Waals surface area (Å²) in [6, 6.07) is 5.88. The van der Waals surface area contributed by atoms with Crippen LogP contribution in [0.3, 0.4) is 0 Å². The Labute approximate surface area is 110 Å². The Balaban J connectivity index is 2.18. The number of fused-ring (bicyclic) bond motifs is 2. The highest BCUT2D eigenvalue weighted by atomic mass is 35.5. The molecule has 1 aromatic carbocycles. The molecule has 0 saturated carbocycles. The van der Waals surface area contributed by atoms with E-state index < -0.39 is 0 Å². The molecule has 94 valence electrons. The van der Waals surface area contributed by atoms with Crippen molar-refractivity contribution in [2.75, 3.05) is 18.7 Å². The number of nitrogens with zero attached hydrogens (tertiary/aromatic N) is 1. The Hall–Kier alpha value is -1.68. The molecule has 5 heteroatoms. The summed E-state index contributed by atoms with van der Waals surface area (Å²) in [5, 5.41) is 4.23. The van der Waals surface area contributed by atoms with Gasteiger partial charge in [0.2, 0.25) is 6.79 Å². The molecular formula is C13H13ClN2O2. The third-order valence-electron chi connectivity index (χ3n) is 2.88. The fourth-order valence-corrected chi connectivity index (χ4v) is 2.23. The van der Waals surface area contributed by atoms with Crippen LogP contribution in [0.5, 0.6) is 11.5 Å². The van der Waals surface area contributed by atoms with E-state index in [0.717, 1.165) is 40.3 Å². The van der Waals surface area contributed by atoms with Crippen molar-refractivity contribution in [2.45, 2.75) is 12.8 Å². The van der Waals surface area contributed by atoms with Crippen LogP contribution >= 0.6 is 11.6 Å². The molecule has 18 heavy (non-hydrogen) atoms. The number of alkyl halides is 1. The minimum absolute atomic E-state index is 0.272. The predicted octanol–water partition coefficient (Wildman–Crippen LogP) is 3.13. The van der Waals surface area contributed by atoms with E-state index in [4.69, 9.17) is 21.1 Å². The average Bonchev–Trinajstić information content (AvgIpc) is 2.82. The number of pyridine rings is 1. The third-order valence-corrected chi connectivity index (χ3v) is 3.16. The number of ether oxygens (including phenoxy) is 2. The van der Waals surface area contributed by atoms with Crippen LogP contribution in [0.2, 0.25) is 0 Å². The molecule has 0 saturated heterocycles. The standard InChI is InChI=1S/C13H13ClN2O2/c1-2-15-13-9(6-14)3-8-4-11-12(18-7-17-11)5-10(8)16-13/h3-5H,2,6-7H2,1H3,(H,15,16). The summed E-state index contributed by atoms with van der Waals surface area (Å²) in [6.45, 7) is 3.12. The molecule has 3 rings (SSSR count). The van der Waals surface area contributed by atoms with Crippen LogP contribution in [-0.2, 0) is 5.88 Å². The van der Waals surface area contributed by atoms with Gasteiger partial charge >= 0.3 is 0 Å². The van der Waals surface area contributed by atoms with E-state index in [1.165, 1.54) is 0 Å². The Morgan fingerprint density at radius 3 is 2.78 bits per heavy atom. The first kappa shape index (κ1) is 11.4. The molecule has 1 aromatic heterocycles. The minimum Gasteiger partial charge on any atom is -0.454 e. The van der Waals surface area contributed by atoms with Gasteiger partial charge in [-0.3, -0.25) is 0 Å². The largest absolute Gasteiger partial charge is 0.454 e. The zero-order valence-corrected chi connectivity index (χ0v) is 10.8. The summed E-state index contributed by atoms with van der Waals surface area (Å²) in [5.41, 5.74) is 1.87. The summed E-state index contributed by atoms with van der Waals surface area (Å²) in [6.07, 6.45) is 0. The second-order valence-corrected chi connectivity index (χ2v) is 4.33. The fraction of sp³-hybridized carbons (Fsp3) is 0.308. The van der Waals surface area contributed by atoms with E-state index in [-0.39, 0.29) is 6.79 Å². The summed E-state index contributed by atoms with van der Waals surface area (Å²) >= 11 is 5.95. The van der Waals surface area contributed by atoms with Crippen LogP contribution in [0.15, 0.2) is 18.2 Å². The summed E-state index contributed by atoms with van der Waals surface area (Å²) in [4.78, 5) is 4.58. The number of halogens is 1. The van der Waals surface area contributed by atoms with Gasteiger partial charge in [-0.15, -0.1) is 11.6 Å². The van der Waals surface area contributed by atoms with Crippen molar-refractivity contribution in [1.82, 2.24) is 4.98 Å². The van der Waals surface area contributed by atoms with E-state index in [9.17, 15) is 0 Å². The van der Waals surface area contributed by atoms with Gasteiger partial charge in [-0.2, -0.15) is 0 Å². The van der Waals surface area contributed by atoms with E-state index >= 15 is 0 Å². The topological polar surface area (TPSA) is 43.4 Å². The Morgan fingerprint density at radius 2 is 2.06 bits per heavy atom. The lowest BCUT2D eigenvalue weighted by Crippen LogP contribution is -2.02. The lowest BCUT2D eigenvalue weighted by molar-refractivity contribution is 0.174. The van der Waals surface area contributed by atoms with Crippen LogP contribution in [0, 0.1) is 0 Å². The molecule has 0 fully saturated rings. The molecule has 1 aliphatic heterocycles. The number of aromatic nitrogens is 1. The van der Waals surface area contributed by atoms with Crippen molar-refractivity contribution >= 4 is 28.3 Å². The van der Waals surface area contributed by atoms with Crippen molar-refractivity contribution in [3.05, 3.63) is 23.8 Å². The number of hydrogen-bond acceptors (Lipinski definition) is 4. The Morgan fingerprint density at radius 1 is 1.28 bits per heavy atom. The summed E-state index contributed by atoms with van der Waals surface area (Å²) < 4.78 is 10.7. The van der Waals surface area contributed by atoms with E-state index in [0.29, 0.717) is 5.88 Å². The second kappa shape index (κ2) is 4.53. The van der Waals surface area contributed by atoms with E-state index in [1.54, 1.807) is 0 Å². The molecule has 1 N–H and O–H groups in total. The van der Waals surface area contributed by atoms with Gasteiger partial charge in [0.25, 0.3) is 0 Å². The first-order valence-electron chi connectivity index (χ1n) is 5.85. The molecule has 2 aromatic rings. The van der Waals surface area contributed by atoms with E-state index in [2.05, 4.69) is 10.3 Å². The minimum atomic E-state index is 0.272. The maximum Gasteiger partial charge on any atom is 0.231 e. The van der Waals surface area contributed by atoms with Gasteiger partial charge in [0.1, 0.15) is 5.82 Å². The van der Waals surface area contributed by atoms with Gasteiger partial charge in [0, 0.05) is 23.6 Å². The monoisotopic (exact) mass is 264 g/mol. The number of rotatable bonds is 3. The highest BCUT2D eigenvalue weighted by molar-refractivity contribution is 6.17. The first-order chi connectivity index (χ1) is 8.81. The number of benzene rings is 1. The lowest BCUT2D eigenvalue weighted by atomic mass is 10.1. The quantitative estimate of drug-likeness (QED) is 0.865. The SMILES string of the molecule is CCNc1nc2cc3c(cc2cc1CCl)OCO3. The maximum absolute atomic E-state index is 5.95. The average molecular weight is 265 g/mol. The van der Waals surface area contributed by atoms with Gasteiger partial charge in [0.05, 0.1) is 11.4 Å². The molecular weight excluding hydrogens is 252 g/mol. The van der Waals surface area contributed by atoms with Gasteiger partial charge in [-0.05, 0) is 19.1 Å². The van der Waals surface area contributed by atoms with Gasteiger partial charge in [-0.25, -0.2) is 4.98 Å². The molecule has 0 amide bonds. The Bertz CT molecular complexity index is 601. The third kappa shape index (κ3) is 1.82. The molecule has 0 unspecified atom stereocenters. The van der Waals surface area contributed by atoms with Crippen LogP contribution in [0.4, 0.5) is 5.82 Å². The van der Waals surface area contributed by atoms with Crippen LogP contribution in [0.1, 0.15) is 12.5 Å². The molecule has 1 aliphatic rings. The summed E-state index contributed by atoms with van der Waals surface area (Å²) in [7, 11) is 0. The molecule has 2 heterocycles.